The van der Waals surface area contributed by atoms with Crippen LogP contribution in [0.3, 0.4) is 0 Å². The van der Waals surface area contributed by atoms with Gasteiger partial charge in [0, 0.05) is 84.2 Å². The van der Waals surface area contributed by atoms with E-state index in [1.54, 1.807) is 41.1 Å². The van der Waals surface area contributed by atoms with Crippen molar-refractivity contribution in [2.75, 3.05) is 74.0 Å². The zero-order chi connectivity index (χ0) is 57.1. The molecule has 17 nitrogen and oxygen atoms in total. The standard InChI is InChI=1S/C61H98N2O15/c1-39-18-13-12-14-19-40(2)52(76-31-30-71-9)36-48-23-21-45(7)61(70,78-48)58(67)59(68)63-26-16-15-20-49(63)60(69)77-53(37-50(64)41(3)33-44(6)56(66)57(73-11)55(65)43(5)32-39)42(4)34-47-22-24-51(54(35-47)72-10)75-28-17-25-62-27-29-74-38-46(62)8/h12-14,18-19,33,39,41-43,45-49,51-54,56-57,66,70H,15-17,20-32,34-38H2,1-11H3/b14-12+,18-13+,40-19+,44-33+/t39-,41-,42-,43-,45-,46-,47+,48+,49?,51-,52?,53+,54-,56-,57+,61-/m1/s1. The number of allylic oxidation sites excluding steroid dienone is 6. The molecule has 2 unspecified atom stereocenters. The molecule has 4 heterocycles. The number of fused-ring (bicyclic) bond motifs is 3. The van der Waals surface area contributed by atoms with Gasteiger partial charge < -0.3 is 53.0 Å². The Balaban J connectivity index is 1.42. The Morgan fingerprint density at radius 3 is 2.31 bits per heavy atom. The molecule has 0 spiro atoms. The summed E-state index contributed by atoms with van der Waals surface area (Å²) >= 11 is 0. The van der Waals surface area contributed by atoms with Gasteiger partial charge in [-0.3, -0.25) is 24.1 Å². The fourth-order valence-corrected chi connectivity index (χ4v) is 12.1. The Morgan fingerprint density at radius 2 is 1.59 bits per heavy atom. The normalized spacial score (nSPS) is 38.1. The summed E-state index contributed by atoms with van der Waals surface area (Å²) in [5.74, 6) is -7.94. The number of amides is 1. The number of carbonyl (C=O) groups excluding carboxylic acids is 5. The molecular weight excluding hydrogens is 1000 g/mol. The number of ether oxygens (including phenoxy) is 8. The fraction of sp³-hybridized carbons (Fsp3) is 0.787. The molecule has 0 radical (unpaired) electrons. The zero-order valence-electron chi connectivity index (χ0n) is 49.1. The summed E-state index contributed by atoms with van der Waals surface area (Å²) in [6.45, 7) is 19.7. The van der Waals surface area contributed by atoms with Crippen LogP contribution >= 0.6 is 0 Å². The molecule has 5 rings (SSSR count). The van der Waals surface area contributed by atoms with E-state index in [4.69, 9.17) is 37.9 Å². The van der Waals surface area contributed by atoms with Gasteiger partial charge in [0.1, 0.15) is 30.1 Å². The minimum Gasteiger partial charge on any atom is -0.460 e. The van der Waals surface area contributed by atoms with E-state index in [1.807, 2.05) is 58.1 Å². The summed E-state index contributed by atoms with van der Waals surface area (Å²) < 4.78 is 47.9. The van der Waals surface area contributed by atoms with Crippen LogP contribution in [0.5, 0.6) is 0 Å². The van der Waals surface area contributed by atoms with Crippen molar-refractivity contribution in [3.63, 3.8) is 0 Å². The largest absolute Gasteiger partial charge is 0.460 e. The molecule has 442 valence electrons. The van der Waals surface area contributed by atoms with Gasteiger partial charge in [-0.05, 0) is 120 Å². The van der Waals surface area contributed by atoms with Crippen molar-refractivity contribution in [2.24, 2.45) is 35.5 Å². The molecule has 2 bridgehead atoms. The highest BCUT2D eigenvalue weighted by atomic mass is 16.6. The van der Waals surface area contributed by atoms with Crippen LogP contribution in [-0.4, -0.2) is 184 Å². The molecule has 5 aliphatic rings. The van der Waals surface area contributed by atoms with E-state index in [0.717, 1.165) is 57.6 Å². The number of aliphatic hydroxyl groups is 2. The van der Waals surface area contributed by atoms with Crippen LogP contribution in [0, 0.1) is 35.5 Å². The van der Waals surface area contributed by atoms with Crippen molar-refractivity contribution < 1.29 is 72.1 Å². The number of nitrogens with zero attached hydrogens (tertiary/aromatic N) is 2. The van der Waals surface area contributed by atoms with Crippen LogP contribution < -0.4 is 0 Å². The maximum absolute atomic E-state index is 14.7. The van der Waals surface area contributed by atoms with E-state index in [0.29, 0.717) is 63.4 Å². The monoisotopic (exact) mass is 1100 g/mol. The van der Waals surface area contributed by atoms with E-state index in [2.05, 4.69) is 11.8 Å². The second kappa shape index (κ2) is 32.2. The highest BCUT2D eigenvalue weighted by Crippen LogP contribution is 2.38. The third-order valence-electron chi connectivity index (χ3n) is 17.2. The quantitative estimate of drug-likeness (QED) is 0.0756. The number of rotatable bonds is 14. The summed E-state index contributed by atoms with van der Waals surface area (Å²) in [4.78, 5) is 75.6. The Hall–Kier alpha value is -3.49. The second-order valence-corrected chi connectivity index (χ2v) is 23.4. The van der Waals surface area contributed by atoms with Gasteiger partial charge in [0.25, 0.3) is 11.7 Å². The lowest BCUT2D eigenvalue weighted by molar-refractivity contribution is -0.266. The first-order chi connectivity index (χ1) is 37.2. The topological polar surface area (TPSA) is 206 Å². The van der Waals surface area contributed by atoms with E-state index in [1.165, 1.54) is 12.0 Å². The number of Topliss-reactive ketones (excluding diaryl/α,β-unsaturated/α-hetero) is 3. The van der Waals surface area contributed by atoms with Crippen LogP contribution in [0.15, 0.2) is 47.6 Å². The number of esters is 1. The molecule has 0 aromatic rings. The summed E-state index contributed by atoms with van der Waals surface area (Å²) in [7, 11) is 4.68. The maximum Gasteiger partial charge on any atom is 0.329 e. The number of hydrogen-bond donors (Lipinski definition) is 2. The number of cyclic esters (lactones) is 1. The van der Waals surface area contributed by atoms with Crippen molar-refractivity contribution in [2.45, 2.75) is 199 Å². The third-order valence-corrected chi connectivity index (χ3v) is 17.2. The number of ketones is 3. The SMILES string of the molecule is COCCOC1C[C@@H]2CC[C@@H](C)[C@@](O)(O2)C(=O)C(=O)N2CCCCC2C(=O)O[C@H]([C@H](C)C[C@@H]2CC[C@@H](OCCCN3CCOC[C@H]3C)[C@H](OC)C2)CC(=O)[C@H](C)/C=C(\C)[C@@H](O)[C@@H](OC)C(=O)[C@H](C)C[C@H](C)/C=C/C=C/C=C/1C. The Labute approximate surface area is 466 Å². The Morgan fingerprint density at radius 1 is 0.821 bits per heavy atom. The first-order valence-electron chi connectivity index (χ1n) is 29.2. The molecule has 16 atom stereocenters. The molecule has 1 aliphatic carbocycles. The molecule has 1 amide bonds. The lowest BCUT2D eigenvalue weighted by Gasteiger charge is -2.43. The number of piperidine rings is 1. The lowest BCUT2D eigenvalue weighted by atomic mass is 9.78. The molecule has 17 heteroatoms. The van der Waals surface area contributed by atoms with Gasteiger partial charge in [0.2, 0.25) is 5.79 Å². The summed E-state index contributed by atoms with van der Waals surface area (Å²) in [5, 5.41) is 23.8. The molecule has 3 saturated heterocycles. The van der Waals surface area contributed by atoms with Crippen LogP contribution in [-0.2, 0) is 61.9 Å². The van der Waals surface area contributed by atoms with Crippen molar-refractivity contribution in [1.29, 1.82) is 0 Å². The van der Waals surface area contributed by atoms with Gasteiger partial charge in [-0.1, -0.05) is 71.1 Å². The summed E-state index contributed by atoms with van der Waals surface area (Å²) in [6, 6.07) is -0.769. The number of carbonyl (C=O) groups is 5. The summed E-state index contributed by atoms with van der Waals surface area (Å²) in [6.07, 6.45) is 13.2. The molecule has 78 heavy (non-hydrogen) atoms. The van der Waals surface area contributed by atoms with Gasteiger partial charge in [-0.25, -0.2) is 4.79 Å². The van der Waals surface area contributed by atoms with Crippen LogP contribution in [0.1, 0.15) is 139 Å². The number of aliphatic hydroxyl groups excluding tert-OH is 1. The first-order valence-corrected chi connectivity index (χ1v) is 29.2. The third kappa shape index (κ3) is 18.5. The summed E-state index contributed by atoms with van der Waals surface area (Å²) in [5.41, 5.74) is 1.26. The highest BCUT2D eigenvalue weighted by molar-refractivity contribution is 6.39. The van der Waals surface area contributed by atoms with E-state index >= 15 is 0 Å². The van der Waals surface area contributed by atoms with Crippen molar-refractivity contribution in [3.05, 3.63) is 47.6 Å². The van der Waals surface area contributed by atoms with Gasteiger partial charge >= 0.3 is 5.97 Å². The minimum atomic E-state index is -2.46. The smallest absolute Gasteiger partial charge is 0.329 e. The van der Waals surface area contributed by atoms with E-state index in [9.17, 15) is 34.2 Å². The second-order valence-electron chi connectivity index (χ2n) is 23.4. The molecule has 4 aliphatic heterocycles. The molecule has 0 aromatic heterocycles. The average molecular weight is 1100 g/mol. The highest BCUT2D eigenvalue weighted by Gasteiger charge is 2.53. The lowest BCUT2D eigenvalue weighted by Crippen LogP contribution is -2.61. The minimum absolute atomic E-state index is 0.00337. The van der Waals surface area contributed by atoms with Crippen molar-refractivity contribution in [1.82, 2.24) is 9.80 Å². The van der Waals surface area contributed by atoms with Crippen LogP contribution in [0.2, 0.25) is 0 Å². The number of morpholine rings is 1. The predicted octanol–water partition coefficient (Wildman–Crippen LogP) is 7.33. The Bertz CT molecular complexity index is 2060. The fourth-order valence-electron chi connectivity index (χ4n) is 12.1. The van der Waals surface area contributed by atoms with Crippen LogP contribution in [0.4, 0.5) is 0 Å². The van der Waals surface area contributed by atoms with Gasteiger partial charge in [0.15, 0.2) is 5.78 Å². The maximum atomic E-state index is 14.7. The van der Waals surface area contributed by atoms with Gasteiger partial charge in [-0.2, -0.15) is 0 Å². The molecule has 2 N–H and O–H groups in total. The van der Waals surface area contributed by atoms with Crippen molar-refractivity contribution >= 4 is 29.2 Å². The predicted molar refractivity (Wildman–Crippen MR) is 296 cm³/mol. The number of methoxy groups -OCH3 is 3. The number of hydrogen-bond acceptors (Lipinski definition) is 16. The average Bonchev–Trinajstić information content (AvgIpc) is 3.50. The molecular formula is C61H98N2O15. The van der Waals surface area contributed by atoms with Crippen LogP contribution in [0.25, 0.3) is 0 Å². The zero-order valence-corrected chi connectivity index (χ0v) is 49.1. The molecule has 4 fully saturated rings. The Kier molecular flexibility index (Phi) is 27.0. The molecule has 1 saturated carbocycles. The molecule has 0 aromatic carbocycles. The van der Waals surface area contributed by atoms with Crippen molar-refractivity contribution in [3.8, 4) is 0 Å². The van der Waals surface area contributed by atoms with Gasteiger partial charge in [0.05, 0.1) is 50.8 Å². The first kappa shape index (κ1) is 65.3. The van der Waals surface area contributed by atoms with E-state index < -0.39 is 77.8 Å². The van der Waals surface area contributed by atoms with E-state index in [-0.39, 0.29) is 73.9 Å². The van der Waals surface area contributed by atoms with Gasteiger partial charge in [-0.15, -0.1) is 0 Å².